The number of ether oxygens (including phenoxy) is 1. The molecule has 3 aromatic rings. The van der Waals surface area contributed by atoms with Crippen LogP contribution in [0.3, 0.4) is 0 Å². The Labute approximate surface area is 234 Å². The van der Waals surface area contributed by atoms with Gasteiger partial charge in [-0.1, -0.05) is 23.7 Å². The van der Waals surface area contributed by atoms with Crippen LogP contribution in [0, 0.1) is 5.92 Å². The highest BCUT2D eigenvalue weighted by molar-refractivity contribution is 7.89. The molecule has 3 heterocycles. The molecule has 11 heteroatoms. The molecule has 2 fully saturated rings. The van der Waals surface area contributed by atoms with Gasteiger partial charge in [-0.05, 0) is 72.5 Å². The van der Waals surface area contributed by atoms with Crippen molar-refractivity contribution in [3.63, 3.8) is 0 Å². The number of benzene rings is 2. The molecule has 208 valence electrons. The second-order valence-electron chi connectivity index (χ2n) is 10.0. The maximum Gasteiger partial charge on any atom is 0.241 e. The first-order chi connectivity index (χ1) is 18.9. The Balaban J connectivity index is 1.23. The lowest BCUT2D eigenvalue weighted by Gasteiger charge is -2.35. The van der Waals surface area contributed by atoms with Crippen LogP contribution in [0.2, 0.25) is 5.02 Å². The van der Waals surface area contributed by atoms with E-state index in [4.69, 9.17) is 16.3 Å². The summed E-state index contributed by atoms with van der Waals surface area (Å²) in [5, 5.41) is 5.63. The lowest BCUT2D eigenvalue weighted by molar-refractivity contribution is -0.137. The summed E-state index contributed by atoms with van der Waals surface area (Å²) in [5.41, 5.74) is 1.17. The number of carbonyl (C=O) groups excluding carboxylic acids is 1. The molecule has 1 amide bonds. The zero-order valence-corrected chi connectivity index (χ0v) is 23.3. The summed E-state index contributed by atoms with van der Waals surface area (Å²) in [6, 6.07) is 13.6. The number of carbonyl (C=O) groups is 1. The van der Waals surface area contributed by atoms with Crippen LogP contribution in [0.5, 0.6) is 0 Å². The molecule has 2 saturated heterocycles. The predicted molar refractivity (Wildman–Crippen MR) is 153 cm³/mol. The average molecular weight is 572 g/mol. The number of hydrogen-bond donors (Lipinski definition) is 2. The van der Waals surface area contributed by atoms with Crippen LogP contribution in [0.15, 0.2) is 65.8 Å². The van der Waals surface area contributed by atoms with Gasteiger partial charge in [0.2, 0.25) is 15.9 Å². The van der Waals surface area contributed by atoms with Crippen molar-refractivity contribution in [1.82, 2.24) is 19.9 Å². The van der Waals surface area contributed by atoms with Crippen molar-refractivity contribution in [2.24, 2.45) is 5.92 Å². The van der Waals surface area contributed by atoms with Gasteiger partial charge in [0.05, 0.1) is 18.1 Å². The average Bonchev–Trinajstić information content (AvgIpc) is 2.97. The lowest BCUT2D eigenvalue weighted by Crippen LogP contribution is -2.55. The van der Waals surface area contributed by atoms with E-state index in [0.717, 1.165) is 36.7 Å². The van der Waals surface area contributed by atoms with E-state index in [2.05, 4.69) is 19.9 Å². The van der Waals surface area contributed by atoms with Crippen molar-refractivity contribution in [2.75, 3.05) is 57.4 Å². The van der Waals surface area contributed by atoms with Crippen molar-refractivity contribution < 1.29 is 17.9 Å². The summed E-state index contributed by atoms with van der Waals surface area (Å²) in [6.45, 7) is 4.44. The fourth-order valence-electron chi connectivity index (χ4n) is 5.15. The first-order valence-electron chi connectivity index (χ1n) is 13.3. The van der Waals surface area contributed by atoms with Crippen molar-refractivity contribution >= 4 is 44.0 Å². The maximum atomic E-state index is 13.4. The van der Waals surface area contributed by atoms with E-state index in [-0.39, 0.29) is 17.3 Å². The third-order valence-corrected chi connectivity index (χ3v) is 9.13. The van der Waals surface area contributed by atoms with E-state index >= 15 is 0 Å². The van der Waals surface area contributed by atoms with Crippen LogP contribution >= 0.6 is 11.6 Å². The number of halogens is 1. The third kappa shape index (κ3) is 7.06. The number of aromatic nitrogens is 1. The zero-order valence-electron chi connectivity index (χ0n) is 21.8. The number of nitrogens with zero attached hydrogens (tertiary/aromatic N) is 3. The molecule has 5 rings (SSSR count). The Morgan fingerprint density at radius 1 is 1.00 bits per heavy atom. The van der Waals surface area contributed by atoms with Gasteiger partial charge in [0.15, 0.2) is 0 Å². The molecule has 2 aliphatic heterocycles. The van der Waals surface area contributed by atoms with E-state index < -0.39 is 16.1 Å². The molecule has 0 saturated carbocycles. The smallest absolute Gasteiger partial charge is 0.241 e. The standard InChI is InChI=1S/C28H34ClN5O4S/c29-24-3-1-23-18-26(4-2-22(23)17-24)39(36,37)32-20-27(28(35)34-13-15-38-16-14-34)31-19-21-7-11-33(12-8-21)25-5-9-30-10-6-25/h1-6,9-10,17-18,21,27,31-32H,7-8,11-16,19-20H2. The number of rotatable bonds is 9. The van der Waals surface area contributed by atoms with Gasteiger partial charge in [-0.2, -0.15) is 0 Å². The number of hydrogen-bond acceptors (Lipinski definition) is 7. The van der Waals surface area contributed by atoms with E-state index in [0.29, 0.717) is 43.8 Å². The fourth-order valence-corrected chi connectivity index (χ4v) is 6.41. The van der Waals surface area contributed by atoms with Crippen LogP contribution in [-0.2, 0) is 19.6 Å². The Hall–Kier alpha value is -2.76. The summed E-state index contributed by atoms with van der Waals surface area (Å²) in [6.07, 6.45) is 5.58. The first-order valence-corrected chi connectivity index (χ1v) is 15.2. The van der Waals surface area contributed by atoms with Crippen molar-refractivity contribution in [3.8, 4) is 0 Å². The monoisotopic (exact) mass is 571 g/mol. The summed E-state index contributed by atoms with van der Waals surface area (Å²) >= 11 is 6.06. The van der Waals surface area contributed by atoms with E-state index in [9.17, 15) is 13.2 Å². The summed E-state index contributed by atoms with van der Waals surface area (Å²) in [7, 11) is -3.83. The summed E-state index contributed by atoms with van der Waals surface area (Å²) < 4.78 is 34.5. The van der Waals surface area contributed by atoms with E-state index in [1.165, 1.54) is 5.69 Å². The zero-order chi connectivity index (χ0) is 27.2. The number of anilines is 1. The quantitative estimate of drug-likeness (QED) is 0.407. The highest BCUT2D eigenvalue weighted by Crippen LogP contribution is 2.24. The fraction of sp³-hybridized carbons (Fsp3) is 0.429. The second kappa shape index (κ2) is 12.6. The maximum absolute atomic E-state index is 13.4. The number of pyridine rings is 1. The lowest BCUT2D eigenvalue weighted by atomic mass is 9.96. The van der Waals surface area contributed by atoms with Gasteiger partial charge < -0.3 is 19.9 Å². The molecule has 1 aromatic heterocycles. The molecule has 39 heavy (non-hydrogen) atoms. The minimum atomic E-state index is -3.83. The topological polar surface area (TPSA) is 104 Å². The van der Waals surface area contributed by atoms with Crippen molar-refractivity contribution in [2.45, 2.75) is 23.8 Å². The van der Waals surface area contributed by atoms with Crippen LogP contribution < -0.4 is 14.9 Å². The minimum absolute atomic E-state index is 0.0347. The second-order valence-corrected chi connectivity index (χ2v) is 12.2. The molecular formula is C28H34ClN5O4S. The van der Waals surface area contributed by atoms with Crippen molar-refractivity contribution in [3.05, 3.63) is 65.9 Å². The van der Waals surface area contributed by atoms with E-state index in [1.807, 2.05) is 12.1 Å². The van der Waals surface area contributed by atoms with Crippen LogP contribution in [0.1, 0.15) is 12.8 Å². The third-order valence-electron chi connectivity index (χ3n) is 7.48. The molecule has 2 N–H and O–H groups in total. The van der Waals surface area contributed by atoms with Gasteiger partial charge in [-0.15, -0.1) is 0 Å². The highest BCUT2D eigenvalue weighted by Gasteiger charge is 2.29. The highest BCUT2D eigenvalue weighted by atomic mass is 35.5. The summed E-state index contributed by atoms with van der Waals surface area (Å²) in [4.78, 5) is 21.8. The Bertz CT molecular complexity index is 1380. The molecule has 0 bridgehead atoms. The molecule has 2 aliphatic rings. The predicted octanol–water partition coefficient (Wildman–Crippen LogP) is 2.90. The van der Waals surface area contributed by atoms with Crippen LogP contribution in [0.4, 0.5) is 5.69 Å². The molecule has 1 atom stereocenters. The minimum Gasteiger partial charge on any atom is -0.378 e. The van der Waals surface area contributed by atoms with E-state index in [1.54, 1.807) is 53.7 Å². The SMILES string of the molecule is O=C(C(CNS(=O)(=O)c1ccc2cc(Cl)ccc2c1)NCC1CCN(c2ccncc2)CC1)N1CCOCC1. The Morgan fingerprint density at radius 3 is 2.44 bits per heavy atom. The molecular weight excluding hydrogens is 538 g/mol. The first kappa shape index (κ1) is 27.8. The molecule has 0 radical (unpaired) electrons. The Kier molecular flexibility index (Phi) is 8.99. The number of nitrogens with one attached hydrogen (secondary N) is 2. The molecule has 1 unspecified atom stereocenters. The molecule has 9 nitrogen and oxygen atoms in total. The number of sulfonamides is 1. The van der Waals surface area contributed by atoms with Gasteiger partial charge in [-0.25, -0.2) is 13.1 Å². The number of piperidine rings is 1. The van der Waals surface area contributed by atoms with Crippen molar-refractivity contribution in [1.29, 1.82) is 0 Å². The van der Waals surface area contributed by atoms with Gasteiger partial charge in [0, 0.05) is 55.8 Å². The summed E-state index contributed by atoms with van der Waals surface area (Å²) in [5.74, 6) is 0.287. The Morgan fingerprint density at radius 2 is 1.69 bits per heavy atom. The normalized spacial score (nSPS) is 17.9. The number of fused-ring (bicyclic) bond motifs is 1. The van der Waals surface area contributed by atoms with Gasteiger partial charge in [-0.3, -0.25) is 9.78 Å². The van der Waals surface area contributed by atoms with Crippen LogP contribution in [0.25, 0.3) is 10.8 Å². The van der Waals surface area contributed by atoms with Crippen LogP contribution in [-0.4, -0.2) is 82.7 Å². The van der Waals surface area contributed by atoms with Gasteiger partial charge >= 0.3 is 0 Å². The molecule has 0 aliphatic carbocycles. The number of amides is 1. The molecule has 2 aromatic carbocycles. The van der Waals surface area contributed by atoms with Gasteiger partial charge in [0.1, 0.15) is 6.04 Å². The largest absolute Gasteiger partial charge is 0.378 e. The molecule has 0 spiro atoms. The van der Waals surface area contributed by atoms with Gasteiger partial charge in [0.25, 0.3) is 0 Å². The number of morpholine rings is 1.